The third-order valence-electron chi connectivity index (χ3n) is 5.02. The van der Waals surface area contributed by atoms with Gasteiger partial charge in [-0.1, -0.05) is 12.1 Å². The van der Waals surface area contributed by atoms with Crippen molar-refractivity contribution in [3.05, 3.63) is 48.3 Å². The van der Waals surface area contributed by atoms with Crippen LogP contribution in [0.3, 0.4) is 0 Å². The van der Waals surface area contributed by atoms with Crippen molar-refractivity contribution in [3.8, 4) is 22.9 Å². The molecule has 1 atom stereocenters. The van der Waals surface area contributed by atoms with Crippen LogP contribution in [0.4, 0.5) is 10.1 Å². The number of carbonyl (C=O) groups excluding carboxylic acids is 2. The van der Waals surface area contributed by atoms with E-state index in [0.717, 1.165) is 9.70 Å². The molecule has 2 aromatic carbocycles. The summed E-state index contributed by atoms with van der Waals surface area (Å²) in [6, 6.07) is 9.90. The molecule has 1 N–H and O–H groups in total. The molecule has 10 nitrogen and oxygen atoms in total. The number of hydrogen-bond donors (Lipinski definition) is 1. The minimum absolute atomic E-state index is 0.0192. The molecule has 186 valence electrons. The summed E-state index contributed by atoms with van der Waals surface area (Å²) < 4.78 is 25.2. The van der Waals surface area contributed by atoms with Crippen molar-refractivity contribution in [2.75, 3.05) is 19.1 Å². The van der Waals surface area contributed by atoms with Gasteiger partial charge in [0.1, 0.15) is 18.4 Å². The number of methoxy groups -OCH3 is 2. The lowest BCUT2D eigenvalue weighted by Gasteiger charge is -2.31. The molecular formula is C24H29FN6O4. The Morgan fingerprint density at radius 2 is 1.80 bits per heavy atom. The molecule has 0 unspecified atom stereocenters. The number of amides is 2. The summed E-state index contributed by atoms with van der Waals surface area (Å²) in [5.74, 6) is -0.346. The van der Waals surface area contributed by atoms with Crippen molar-refractivity contribution in [2.45, 2.75) is 45.8 Å². The molecule has 0 bridgehead atoms. The van der Waals surface area contributed by atoms with Crippen LogP contribution in [-0.2, 0) is 16.1 Å². The number of nitrogens with zero attached hydrogens (tertiary/aromatic N) is 5. The maximum Gasteiger partial charge on any atom is 0.251 e. The highest BCUT2D eigenvalue weighted by Crippen LogP contribution is 2.30. The molecule has 0 radical (unpaired) electrons. The maximum absolute atomic E-state index is 14.7. The van der Waals surface area contributed by atoms with Crippen molar-refractivity contribution in [1.82, 2.24) is 25.5 Å². The summed E-state index contributed by atoms with van der Waals surface area (Å²) in [7, 11) is 3.04. The van der Waals surface area contributed by atoms with E-state index < -0.39 is 29.2 Å². The quantitative estimate of drug-likeness (QED) is 0.523. The average molecular weight is 485 g/mol. The zero-order chi connectivity index (χ0) is 25.8. The number of nitrogens with one attached hydrogen (secondary N) is 1. The molecule has 1 heterocycles. The van der Waals surface area contributed by atoms with Crippen LogP contribution in [0.5, 0.6) is 11.5 Å². The molecule has 2 amide bonds. The van der Waals surface area contributed by atoms with Crippen LogP contribution >= 0.6 is 0 Å². The number of rotatable bonds is 8. The zero-order valence-corrected chi connectivity index (χ0v) is 20.6. The molecular weight excluding hydrogens is 455 g/mol. The third kappa shape index (κ3) is 6.11. The first-order valence-electron chi connectivity index (χ1n) is 10.9. The van der Waals surface area contributed by atoms with Gasteiger partial charge in [-0.05, 0) is 63.2 Å². The number of halogens is 1. The van der Waals surface area contributed by atoms with Gasteiger partial charge in [0.05, 0.1) is 19.9 Å². The Kier molecular flexibility index (Phi) is 7.68. The van der Waals surface area contributed by atoms with Gasteiger partial charge in [0.25, 0.3) is 5.91 Å². The summed E-state index contributed by atoms with van der Waals surface area (Å²) in [4.78, 5) is 28.4. The molecule has 0 aliphatic heterocycles. The fourth-order valence-corrected chi connectivity index (χ4v) is 3.40. The van der Waals surface area contributed by atoms with Gasteiger partial charge in [0.2, 0.25) is 11.7 Å². The van der Waals surface area contributed by atoms with Crippen molar-refractivity contribution in [1.29, 1.82) is 0 Å². The van der Waals surface area contributed by atoms with Crippen molar-refractivity contribution in [3.63, 3.8) is 0 Å². The highest BCUT2D eigenvalue weighted by Gasteiger charge is 2.31. The second-order valence-electron chi connectivity index (χ2n) is 8.84. The normalized spacial score (nSPS) is 12.1. The van der Waals surface area contributed by atoms with Gasteiger partial charge < -0.3 is 14.8 Å². The second-order valence-corrected chi connectivity index (χ2v) is 8.84. The summed E-state index contributed by atoms with van der Waals surface area (Å²) in [6.07, 6.45) is 0. The van der Waals surface area contributed by atoms with Crippen molar-refractivity contribution in [2.24, 2.45) is 0 Å². The molecule has 1 aromatic heterocycles. The topological polar surface area (TPSA) is 111 Å². The van der Waals surface area contributed by atoms with Gasteiger partial charge in [-0.3, -0.25) is 14.5 Å². The zero-order valence-electron chi connectivity index (χ0n) is 20.6. The lowest BCUT2D eigenvalue weighted by molar-refractivity contribution is -0.127. The number of tetrazole rings is 1. The molecule has 0 saturated carbocycles. The Hall–Kier alpha value is -4.02. The Bertz CT molecular complexity index is 1210. The lowest BCUT2D eigenvalue weighted by atomic mass is 10.1. The molecule has 0 fully saturated rings. The predicted octanol–water partition coefficient (Wildman–Crippen LogP) is 2.83. The number of ether oxygens (including phenoxy) is 2. The fourth-order valence-electron chi connectivity index (χ4n) is 3.40. The maximum atomic E-state index is 14.7. The smallest absolute Gasteiger partial charge is 0.251 e. The number of para-hydroxylation sites is 1. The average Bonchev–Trinajstić information content (AvgIpc) is 3.27. The van der Waals surface area contributed by atoms with E-state index in [1.165, 1.54) is 39.3 Å². The number of hydrogen-bond acceptors (Lipinski definition) is 7. The molecule has 35 heavy (non-hydrogen) atoms. The summed E-state index contributed by atoms with van der Waals surface area (Å²) in [5.41, 5.74) is 0.0522. The Morgan fingerprint density at radius 3 is 2.43 bits per heavy atom. The van der Waals surface area contributed by atoms with Crippen LogP contribution in [-0.4, -0.2) is 57.8 Å². The first-order chi connectivity index (χ1) is 16.5. The number of carbonyl (C=O) groups is 2. The minimum Gasteiger partial charge on any atom is -0.493 e. The molecule has 0 saturated heterocycles. The SMILES string of the molecule is COc1ccc(-c2nnn(CC(=O)N(c3ccccc3F)[C@H](C)C(=O)NC(C)(C)C)n2)cc1OC. The Balaban J connectivity index is 1.88. The van der Waals surface area contributed by atoms with Gasteiger partial charge in [0.15, 0.2) is 11.5 Å². The molecule has 0 spiro atoms. The van der Waals surface area contributed by atoms with Crippen molar-refractivity contribution >= 4 is 17.5 Å². The third-order valence-corrected chi connectivity index (χ3v) is 5.02. The van der Waals surface area contributed by atoms with Crippen LogP contribution in [0.1, 0.15) is 27.7 Å². The monoisotopic (exact) mass is 484 g/mol. The standard InChI is InChI=1S/C24H29FN6O4/c1-15(23(33)26-24(2,3)4)31(18-10-8-7-9-17(18)25)21(32)14-30-28-22(27-29-30)16-11-12-19(34-5)20(13-16)35-6/h7-13,15H,14H2,1-6H3,(H,26,33)/t15-/m1/s1. The van der Waals surface area contributed by atoms with Gasteiger partial charge in [-0.25, -0.2) is 4.39 Å². The van der Waals surface area contributed by atoms with E-state index in [9.17, 15) is 14.0 Å². The summed E-state index contributed by atoms with van der Waals surface area (Å²) in [6.45, 7) is 6.64. The fraction of sp³-hybridized carbons (Fsp3) is 0.375. The summed E-state index contributed by atoms with van der Waals surface area (Å²) >= 11 is 0. The minimum atomic E-state index is -0.993. The van der Waals surface area contributed by atoms with Gasteiger partial charge >= 0.3 is 0 Å². The molecule has 3 rings (SSSR count). The number of aromatic nitrogens is 4. The van der Waals surface area contributed by atoms with Crippen LogP contribution in [0.15, 0.2) is 42.5 Å². The first kappa shape index (κ1) is 25.6. The van der Waals surface area contributed by atoms with E-state index in [1.807, 2.05) is 20.8 Å². The largest absolute Gasteiger partial charge is 0.493 e. The van der Waals surface area contributed by atoms with Crippen LogP contribution in [0.25, 0.3) is 11.4 Å². The second kappa shape index (κ2) is 10.5. The van der Waals surface area contributed by atoms with E-state index in [2.05, 4.69) is 20.7 Å². The van der Waals surface area contributed by atoms with Crippen LogP contribution in [0, 0.1) is 5.82 Å². The first-order valence-corrected chi connectivity index (χ1v) is 10.9. The van der Waals surface area contributed by atoms with Gasteiger partial charge in [-0.2, -0.15) is 4.80 Å². The number of anilines is 1. The van der Waals surface area contributed by atoms with E-state index in [4.69, 9.17) is 9.47 Å². The molecule has 0 aliphatic carbocycles. The Morgan fingerprint density at radius 1 is 1.11 bits per heavy atom. The molecule has 3 aromatic rings. The molecule has 11 heteroatoms. The number of benzene rings is 2. The van der Waals surface area contributed by atoms with E-state index >= 15 is 0 Å². The van der Waals surface area contributed by atoms with Crippen LogP contribution in [0.2, 0.25) is 0 Å². The summed E-state index contributed by atoms with van der Waals surface area (Å²) in [5, 5.41) is 15.1. The predicted molar refractivity (Wildman–Crippen MR) is 128 cm³/mol. The van der Waals surface area contributed by atoms with Crippen LogP contribution < -0.4 is 19.7 Å². The highest BCUT2D eigenvalue weighted by molar-refractivity contribution is 6.00. The van der Waals surface area contributed by atoms with Crippen molar-refractivity contribution < 1.29 is 23.5 Å². The molecule has 0 aliphatic rings. The highest BCUT2D eigenvalue weighted by atomic mass is 19.1. The van der Waals surface area contributed by atoms with E-state index in [1.54, 1.807) is 24.3 Å². The Labute approximate surface area is 203 Å². The van der Waals surface area contributed by atoms with Gasteiger partial charge in [0, 0.05) is 11.1 Å². The van der Waals surface area contributed by atoms with E-state index in [-0.39, 0.29) is 18.1 Å². The lowest BCUT2D eigenvalue weighted by Crippen LogP contribution is -2.53. The van der Waals surface area contributed by atoms with Gasteiger partial charge in [-0.15, -0.1) is 10.2 Å². The van der Waals surface area contributed by atoms with E-state index in [0.29, 0.717) is 17.1 Å².